The molecule has 0 spiro atoms. The van der Waals surface area contributed by atoms with Crippen LogP contribution in [0.25, 0.3) is 0 Å². The van der Waals surface area contributed by atoms with Crippen molar-refractivity contribution in [2.75, 3.05) is 0 Å². The maximum Gasteiger partial charge on any atom is 0.331 e. The van der Waals surface area contributed by atoms with Crippen LogP contribution in [0.5, 0.6) is 0 Å². The first kappa shape index (κ1) is 10.8. The number of carboxylic acids is 2. The number of alkyl halides is 1. The van der Waals surface area contributed by atoms with E-state index >= 15 is 0 Å². The Hall–Kier alpha value is -1.29. The van der Waals surface area contributed by atoms with Crippen molar-refractivity contribution in [3.8, 4) is 0 Å². The monoisotopic (exact) mass is 216 g/mol. The summed E-state index contributed by atoms with van der Waals surface area (Å²) in [5.74, 6) is -3.15. The molecular formula is C9H9ClO4. The van der Waals surface area contributed by atoms with Gasteiger partial charge >= 0.3 is 11.9 Å². The Labute approximate surface area is 85.5 Å². The minimum atomic E-state index is -1.65. The van der Waals surface area contributed by atoms with E-state index in [1.807, 2.05) is 0 Å². The van der Waals surface area contributed by atoms with E-state index in [4.69, 9.17) is 21.8 Å². The molecule has 4 nitrogen and oxygen atoms in total. The van der Waals surface area contributed by atoms with Crippen molar-refractivity contribution in [2.45, 2.75) is 11.8 Å². The van der Waals surface area contributed by atoms with E-state index in [1.165, 1.54) is 25.2 Å². The van der Waals surface area contributed by atoms with Gasteiger partial charge in [0.05, 0.1) is 0 Å². The number of allylic oxidation sites excluding steroid dienone is 2. The fourth-order valence-corrected chi connectivity index (χ4v) is 1.51. The molecule has 0 saturated heterocycles. The summed E-state index contributed by atoms with van der Waals surface area (Å²) < 4.78 is 0. The van der Waals surface area contributed by atoms with Crippen LogP contribution in [0.4, 0.5) is 0 Å². The Kier molecular flexibility index (Phi) is 2.66. The van der Waals surface area contributed by atoms with Crippen molar-refractivity contribution in [2.24, 2.45) is 5.92 Å². The average Bonchev–Trinajstić information content (AvgIpc) is 2.09. The summed E-state index contributed by atoms with van der Waals surface area (Å²) >= 11 is 5.81. The van der Waals surface area contributed by atoms with Gasteiger partial charge in [-0.3, -0.25) is 0 Å². The van der Waals surface area contributed by atoms with Crippen molar-refractivity contribution in [3.63, 3.8) is 0 Å². The standard InChI is InChI=1S/C9H9ClO4/c1-5-6(7(11)12)3-2-4-9(5,10)8(13)14/h2-5H,1H3,(H,11,12)(H,13,14). The van der Waals surface area contributed by atoms with Gasteiger partial charge in [-0.15, -0.1) is 11.6 Å². The maximum atomic E-state index is 10.9. The molecule has 0 amide bonds. The van der Waals surface area contributed by atoms with Crippen molar-refractivity contribution in [3.05, 3.63) is 23.8 Å². The number of rotatable bonds is 2. The lowest BCUT2D eigenvalue weighted by Crippen LogP contribution is -2.40. The molecule has 0 bridgehead atoms. The molecule has 0 aromatic rings. The molecular weight excluding hydrogens is 208 g/mol. The molecule has 0 heterocycles. The summed E-state index contributed by atoms with van der Waals surface area (Å²) in [6.07, 6.45) is 4.00. The predicted molar refractivity (Wildman–Crippen MR) is 50.2 cm³/mol. The molecule has 2 N–H and O–H groups in total. The summed E-state index contributed by atoms with van der Waals surface area (Å²) in [6.45, 7) is 1.48. The van der Waals surface area contributed by atoms with E-state index in [0.29, 0.717) is 0 Å². The van der Waals surface area contributed by atoms with Gasteiger partial charge in [0.1, 0.15) is 0 Å². The predicted octanol–water partition coefficient (Wildman–Crippen LogP) is 1.27. The quantitative estimate of drug-likeness (QED) is 0.682. The first-order valence-electron chi connectivity index (χ1n) is 3.94. The molecule has 0 aromatic heterocycles. The maximum absolute atomic E-state index is 10.9. The highest BCUT2D eigenvalue weighted by atomic mass is 35.5. The number of hydrogen-bond donors (Lipinski definition) is 2. The van der Waals surface area contributed by atoms with E-state index in [0.717, 1.165) is 0 Å². The smallest absolute Gasteiger partial charge is 0.331 e. The van der Waals surface area contributed by atoms with E-state index < -0.39 is 22.7 Å². The summed E-state index contributed by atoms with van der Waals surface area (Å²) in [4.78, 5) is 19.9. The molecule has 0 radical (unpaired) electrons. The first-order chi connectivity index (χ1) is 6.39. The lowest BCUT2D eigenvalue weighted by molar-refractivity contribution is -0.140. The number of carboxylic acid groups (broad SMARTS) is 2. The average molecular weight is 217 g/mol. The molecule has 0 saturated carbocycles. The number of carbonyl (C=O) groups is 2. The van der Waals surface area contributed by atoms with E-state index in [2.05, 4.69) is 0 Å². The molecule has 76 valence electrons. The van der Waals surface area contributed by atoms with Crippen molar-refractivity contribution < 1.29 is 19.8 Å². The fraction of sp³-hybridized carbons (Fsp3) is 0.333. The van der Waals surface area contributed by atoms with E-state index in [9.17, 15) is 9.59 Å². The normalized spacial score (nSPS) is 31.0. The molecule has 5 heteroatoms. The van der Waals surface area contributed by atoms with Crippen LogP contribution < -0.4 is 0 Å². The lowest BCUT2D eigenvalue weighted by atomic mass is 9.83. The van der Waals surface area contributed by atoms with Crippen LogP contribution in [0.2, 0.25) is 0 Å². The van der Waals surface area contributed by atoms with Crippen LogP contribution in [0.15, 0.2) is 23.8 Å². The highest BCUT2D eigenvalue weighted by molar-refractivity contribution is 6.36. The molecule has 0 aliphatic heterocycles. The molecule has 2 atom stereocenters. The Bertz CT molecular complexity index is 345. The summed E-state index contributed by atoms with van der Waals surface area (Å²) in [7, 11) is 0. The van der Waals surface area contributed by atoms with Crippen LogP contribution >= 0.6 is 11.6 Å². The second-order valence-corrected chi connectivity index (χ2v) is 3.71. The molecule has 1 rings (SSSR count). The Morgan fingerprint density at radius 1 is 1.50 bits per heavy atom. The molecule has 14 heavy (non-hydrogen) atoms. The van der Waals surface area contributed by atoms with Crippen LogP contribution in [-0.2, 0) is 9.59 Å². The summed E-state index contributed by atoms with van der Waals surface area (Å²) in [5, 5.41) is 17.6. The molecule has 1 aliphatic carbocycles. The van der Waals surface area contributed by atoms with Gasteiger partial charge in [0.2, 0.25) is 0 Å². The second-order valence-electron chi connectivity index (χ2n) is 3.08. The zero-order chi connectivity index (χ0) is 10.9. The van der Waals surface area contributed by atoms with Gasteiger partial charge in [0.25, 0.3) is 0 Å². The fourth-order valence-electron chi connectivity index (χ4n) is 1.32. The zero-order valence-corrected chi connectivity index (χ0v) is 8.15. The van der Waals surface area contributed by atoms with Crippen LogP contribution in [-0.4, -0.2) is 27.0 Å². The lowest BCUT2D eigenvalue weighted by Gasteiger charge is -2.28. The van der Waals surface area contributed by atoms with Gasteiger partial charge < -0.3 is 10.2 Å². The Balaban J connectivity index is 3.11. The Morgan fingerprint density at radius 3 is 2.50 bits per heavy atom. The largest absolute Gasteiger partial charge is 0.480 e. The van der Waals surface area contributed by atoms with Gasteiger partial charge in [0.15, 0.2) is 4.87 Å². The SMILES string of the molecule is CC1C(C(=O)O)=CC=CC1(Cl)C(=O)O. The topological polar surface area (TPSA) is 74.6 Å². The van der Waals surface area contributed by atoms with Crippen molar-refractivity contribution >= 4 is 23.5 Å². The first-order valence-corrected chi connectivity index (χ1v) is 4.32. The third kappa shape index (κ3) is 1.53. The van der Waals surface area contributed by atoms with Gasteiger partial charge in [-0.1, -0.05) is 25.2 Å². The van der Waals surface area contributed by atoms with Gasteiger partial charge in [0, 0.05) is 11.5 Å². The van der Waals surface area contributed by atoms with E-state index in [1.54, 1.807) is 0 Å². The minimum Gasteiger partial charge on any atom is -0.480 e. The Morgan fingerprint density at radius 2 is 2.07 bits per heavy atom. The number of hydrogen-bond acceptors (Lipinski definition) is 2. The molecule has 0 aromatic carbocycles. The van der Waals surface area contributed by atoms with Gasteiger partial charge in [-0.05, 0) is 0 Å². The molecule has 2 unspecified atom stereocenters. The van der Waals surface area contributed by atoms with E-state index in [-0.39, 0.29) is 5.57 Å². The molecule has 0 fully saturated rings. The van der Waals surface area contributed by atoms with Crippen molar-refractivity contribution in [1.29, 1.82) is 0 Å². The highest BCUT2D eigenvalue weighted by Crippen LogP contribution is 2.35. The minimum absolute atomic E-state index is 0.00454. The van der Waals surface area contributed by atoms with Crippen LogP contribution in [0.1, 0.15) is 6.92 Å². The van der Waals surface area contributed by atoms with Crippen LogP contribution in [0.3, 0.4) is 0 Å². The second kappa shape index (κ2) is 3.46. The summed E-state index contributed by atoms with van der Waals surface area (Å²) in [6, 6.07) is 0. The molecule has 1 aliphatic rings. The number of halogens is 1. The highest BCUT2D eigenvalue weighted by Gasteiger charge is 2.44. The zero-order valence-electron chi connectivity index (χ0n) is 7.40. The number of aliphatic carboxylic acids is 2. The summed E-state index contributed by atoms with van der Waals surface area (Å²) in [5.41, 5.74) is 0.00454. The van der Waals surface area contributed by atoms with Gasteiger partial charge in [-0.25, -0.2) is 9.59 Å². The third-order valence-electron chi connectivity index (χ3n) is 2.29. The van der Waals surface area contributed by atoms with Gasteiger partial charge in [-0.2, -0.15) is 0 Å². The third-order valence-corrected chi connectivity index (χ3v) is 2.90. The van der Waals surface area contributed by atoms with Crippen molar-refractivity contribution in [1.82, 2.24) is 0 Å². The van der Waals surface area contributed by atoms with Crippen LogP contribution in [0, 0.1) is 5.92 Å².